The molecule has 0 aliphatic heterocycles. The zero-order valence-electron chi connectivity index (χ0n) is 12.4. The van der Waals surface area contributed by atoms with Gasteiger partial charge in [0, 0.05) is 17.5 Å². The number of nitrogens with zero attached hydrogens (tertiary/aromatic N) is 1. The Morgan fingerprint density at radius 2 is 2.10 bits per heavy atom. The van der Waals surface area contributed by atoms with Gasteiger partial charge in [-0.15, -0.1) is 0 Å². The first kappa shape index (κ1) is 15.4. The minimum absolute atomic E-state index is 0.233. The molecule has 1 atom stereocenters. The van der Waals surface area contributed by atoms with Gasteiger partial charge in [0.1, 0.15) is 6.17 Å². The van der Waals surface area contributed by atoms with Crippen molar-refractivity contribution in [3.63, 3.8) is 0 Å². The van der Waals surface area contributed by atoms with E-state index in [4.69, 9.17) is 5.11 Å². The number of carboxylic acids is 1. The quantitative estimate of drug-likeness (QED) is 0.857. The minimum atomic E-state index is -0.960. The van der Waals surface area contributed by atoms with Gasteiger partial charge in [0.05, 0.1) is 11.1 Å². The summed E-state index contributed by atoms with van der Waals surface area (Å²) in [4.78, 5) is 15.4. The van der Waals surface area contributed by atoms with Gasteiger partial charge in [0.2, 0.25) is 0 Å². The van der Waals surface area contributed by atoms with Crippen LogP contribution >= 0.6 is 0 Å². The van der Waals surface area contributed by atoms with Gasteiger partial charge >= 0.3 is 5.97 Å². The average molecular weight is 289 g/mol. The van der Waals surface area contributed by atoms with E-state index < -0.39 is 12.1 Å². The van der Waals surface area contributed by atoms with Crippen LogP contribution in [0, 0.1) is 0 Å². The Balaban J connectivity index is 0.000000497. The summed E-state index contributed by atoms with van der Waals surface area (Å²) in [5.41, 5.74) is 2.86. The maximum absolute atomic E-state index is 13.3. The molecule has 1 heterocycles. The molecule has 1 unspecified atom stereocenters. The molecule has 4 heteroatoms. The van der Waals surface area contributed by atoms with Crippen molar-refractivity contribution < 1.29 is 14.3 Å². The Labute approximate surface area is 123 Å². The second-order valence-electron chi connectivity index (χ2n) is 5.35. The molecule has 21 heavy (non-hydrogen) atoms. The highest BCUT2D eigenvalue weighted by molar-refractivity contribution is 5.93. The second kappa shape index (κ2) is 6.66. The standard InChI is InChI=1S/C14H12FNO2.C3H8/c15-11-2-4-13-10(7-11)6-9-5-8(14(17)18)1-3-12(9)16-13;1-3-2/h1,3,5-6,11H,2,4,7H2,(H,17,18);3H2,1-2H3. The van der Waals surface area contributed by atoms with Crippen LogP contribution in [0.25, 0.3) is 10.9 Å². The number of carboxylic acid groups (broad SMARTS) is 1. The average Bonchev–Trinajstić information content (AvgIpc) is 2.45. The van der Waals surface area contributed by atoms with Gasteiger partial charge in [-0.1, -0.05) is 20.3 Å². The van der Waals surface area contributed by atoms with Crippen molar-refractivity contribution in [3.05, 3.63) is 41.1 Å². The third-order valence-electron chi connectivity index (χ3n) is 3.37. The van der Waals surface area contributed by atoms with Gasteiger partial charge in [-0.2, -0.15) is 0 Å². The summed E-state index contributed by atoms with van der Waals surface area (Å²) >= 11 is 0. The lowest BCUT2D eigenvalue weighted by molar-refractivity contribution is 0.0697. The number of pyridine rings is 1. The van der Waals surface area contributed by atoms with Crippen LogP contribution in [0.2, 0.25) is 0 Å². The van der Waals surface area contributed by atoms with Gasteiger partial charge < -0.3 is 5.11 Å². The van der Waals surface area contributed by atoms with Crippen molar-refractivity contribution in [2.24, 2.45) is 0 Å². The first-order valence-electron chi connectivity index (χ1n) is 7.35. The van der Waals surface area contributed by atoms with Crippen molar-refractivity contribution in [1.29, 1.82) is 0 Å². The number of aromatic nitrogens is 1. The van der Waals surface area contributed by atoms with Crippen LogP contribution in [0.5, 0.6) is 0 Å². The number of fused-ring (bicyclic) bond motifs is 2. The van der Waals surface area contributed by atoms with Crippen LogP contribution in [0.4, 0.5) is 4.39 Å². The number of halogens is 1. The molecule has 112 valence electrons. The molecule has 0 saturated carbocycles. The van der Waals surface area contributed by atoms with Gasteiger partial charge in [0.15, 0.2) is 0 Å². The Bertz CT molecular complexity index is 655. The summed E-state index contributed by atoms with van der Waals surface area (Å²) in [5.74, 6) is -0.960. The van der Waals surface area contributed by atoms with Crippen LogP contribution in [-0.4, -0.2) is 22.2 Å². The summed E-state index contributed by atoms with van der Waals surface area (Å²) < 4.78 is 13.3. The molecule has 1 aromatic heterocycles. The summed E-state index contributed by atoms with van der Waals surface area (Å²) in [6.07, 6.45) is 2.01. The largest absolute Gasteiger partial charge is 0.478 e. The van der Waals surface area contributed by atoms with E-state index >= 15 is 0 Å². The fourth-order valence-corrected chi connectivity index (χ4v) is 2.42. The lowest BCUT2D eigenvalue weighted by Gasteiger charge is -2.18. The van der Waals surface area contributed by atoms with E-state index in [1.54, 1.807) is 18.2 Å². The number of hydrogen-bond acceptors (Lipinski definition) is 2. The SMILES string of the molecule is CCC.O=C(O)c1ccc2nc3c(cc2c1)CC(F)CC3. The number of rotatable bonds is 1. The molecule has 0 saturated heterocycles. The molecule has 0 fully saturated rings. The Morgan fingerprint density at radius 1 is 1.38 bits per heavy atom. The van der Waals surface area contributed by atoms with E-state index in [0.29, 0.717) is 19.3 Å². The van der Waals surface area contributed by atoms with Crippen LogP contribution in [0.15, 0.2) is 24.3 Å². The summed E-state index contributed by atoms with van der Waals surface area (Å²) in [5, 5.41) is 9.71. The Kier molecular flexibility index (Phi) is 4.89. The topological polar surface area (TPSA) is 50.2 Å². The predicted molar refractivity (Wildman–Crippen MR) is 81.6 cm³/mol. The molecule has 2 aromatic rings. The van der Waals surface area contributed by atoms with Crippen LogP contribution < -0.4 is 0 Å². The van der Waals surface area contributed by atoms with E-state index in [9.17, 15) is 9.18 Å². The van der Waals surface area contributed by atoms with Crippen LogP contribution in [-0.2, 0) is 12.8 Å². The lowest BCUT2D eigenvalue weighted by Crippen LogP contribution is -2.16. The highest BCUT2D eigenvalue weighted by Crippen LogP contribution is 2.26. The molecule has 0 radical (unpaired) electrons. The summed E-state index contributed by atoms with van der Waals surface area (Å²) in [6.45, 7) is 4.25. The van der Waals surface area contributed by atoms with E-state index in [1.807, 2.05) is 6.07 Å². The molecule has 3 rings (SSSR count). The van der Waals surface area contributed by atoms with Gasteiger partial charge in [-0.05, 0) is 42.7 Å². The highest BCUT2D eigenvalue weighted by atomic mass is 19.1. The van der Waals surface area contributed by atoms with Crippen LogP contribution in [0.1, 0.15) is 48.3 Å². The summed E-state index contributed by atoms with van der Waals surface area (Å²) in [6, 6.07) is 6.72. The number of carbonyl (C=O) groups is 1. The maximum atomic E-state index is 13.3. The second-order valence-corrected chi connectivity index (χ2v) is 5.35. The van der Waals surface area contributed by atoms with E-state index in [0.717, 1.165) is 22.2 Å². The monoisotopic (exact) mass is 289 g/mol. The third kappa shape index (κ3) is 3.57. The number of aryl methyl sites for hydroxylation is 1. The van der Waals surface area contributed by atoms with E-state index in [1.165, 1.54) is 6.42 Å². The maximum Gasteiger partial charge on any atom is 0.335 e. The molecular formula is C17H20FNO2. The zero-order valence-corrected chi connectivity index (χ0v) is 12.4. The number of benzene rings is 1. The minimum Gasteiger partial charge on any atom is -0.478 e. The Hall–Kier alpha value is -1.97. The van der Waals surface area contributed by atoms with Crippen molar-refractivity contribution in [3.8, 4) is 0 Å². The normalized spacial score (nSPS) is 16.8. The molecule has 1 aromatic carbocycles. The molecule has 1 aliphatic rings. The Morgan fingerprint density at radius 3 is 2.76 bits per heavy atom. The molecule has 1 aliphatic carbocycles. The zero-order chi connectivity index (χ0) is 15.4. The van der Waals surface area contributed by atoms with E-state index in [-0.39, 0.29) is 5.56 Å². The van der Waals surface area contributed by atoms with Crippen LogP contribution in [0.3, 0.4) is 0 Å². The van der Waals surface area contributed by atoms with Crippen molar-refractivity contribution in [1.82, 2.24) is 4.98 Å². The van der Waals surface area contributed by atoms with Crippen molar-refractivity contribution >= 4 is 16.9 Å². The molecule has 0 bridgehead atoms. The molecule has 3 nitrogen and oxygen atoms in total. The first-order chi connectivity index (χ1) is 10.0. The first-order valence-corrected chi connectivity index (χ1v) is 7.35. The molecule has 0 amide bonds. The van der Waals surface area contributed by atoms with Gasteiger partial charge in [-0.25, -0.2) is 9.18 Å². The van der Waals surface area contributed by atoms with Crippen molar-refractivity contribution in [2.75, 3.05) is 0 Å². The third-order valence-corrected chi connectivity index (χ3v) is 3.37. The van der Waals surface area contributed by atoms with Gasteiger partial charge in [0.25, 0.3) is 0 Å². The molecule has 1 N–H and O–H groups in total. The van der Waals surface area contributed by atoms with Gasteiger partial charge in [-0.3, -0.25) is 4.98 Å². The smallest absolute Gasteiger partial charge is 0.335 e. The predicted octanol–water partition coefficient (Wildman–Crippen LogP) is 4.18. The lowest BCUT2D eigenvalue weighted by atomic mass is 9.93. The number of aromatic carboxylic acids is 1. The molecular weight excluding hydrogens is 269 g/mol. The van der Waals surface area contributed by atoms with Crippen molar-refractivity contribution in [2.45, 2.75) is 45.7 Å². The van der Waals surface area contributed by atoms with E-state index in [2.05, 4.69) is 18.8 Å². The summed E-state index contributed by atoms with van der Waals surface area (Å²) in [7, 11) is 0. The highest BCUT2D eigenvalue weighted by Gasteiger charge is 2.19. The molecule has 0 spiro atoms. The number of hydrogen-bond donors (Lipinski definition) is 1. The number of alkyl halides is 1. The fraction of sp³-hybridized carbons (Fsp3) is 0.412. The fourth-order valence-electron chi connectivity index (χ4n) is 2.42.